The highest BCUT2D eigenvalue weighted by Crippen LogP contribution is 2.46. The second kappa shape index (κ2) is 4.67. The zero-order valence-corrected chi connectivity index (χ0v) is 12.3. The Morgan fingerprint density at radius 2 is 1.85 bits per heavy atom. The molecule has 3 heteroatoms. The van der Waals surface area contributed by atoms with Crippen LogP contribution in [0.5, 0.6) is 0 Å². The van der Waals surface area contributed by atoms with Crippen LogP contribution >= 0.6 is 0 Å². The third kappa shape index (κ3) is 2.22. The topological polar surface area (TPSA) is 46.0 Å². The first-order valence-corrected chi connectivity index (χ1v) is 7.09. The molecule has 1 aliphatic carbocycles. The molecular formula is C17H20N2O. The quantitative estimate of drug-likeness (QED) is 0.930. The van der Waals surface area contributed by atoms with Crippen molar-refractivity contribution in [1.82, 2.24) is 9.97 Å². The first-order valence-electron chi connectivity index (χ1n) is 7.09. The summed E-state index contributed by atoms with van der Waals surface area (Å²) in [6.45, 7) is 6.33. The Balaban J connectivity index is 2.12. The van der Waals surface area contributed by atoms with E-state index in [1.54, 1.807) is 0 Å². The summed E-state index contributed by atoms with van der Waals surface area (Å²) in [5.41, 5.74) is 5.35. The van der Waals surface area contributed by atoms with Gasteiger partial charge in [0.25, 0.3) is 0 Å². The van der Waals surface area contributed by atoms with Crippen LogP contribution in [0.15, 0.2) is 24.3 Å². The van der Waals surface area contributed by atoms with Gasteiger partial charge in [0, 0.05) is 11.3 Å². The van der Waals surface area contributed by atoms with E-state index in [0.29, 0.717) is 0 Å². The third-order valence-electron chi connectivity index (χ3n) is 4.15. The van der Waals surface area contributed by atoms with Crippen molar-refractivity contribution in [2.45, 2.75) is 39.0 Å². The Hall–Kier alpha value is -1.74. The van der Waals surface area contributed by atoms with Crippen LogP contribution in [0.2, 0.25) is 0 Å². The molecule has 0 bridgehead atoms. The van der Waals surface area contributed by atoms with Gasteiger partial charge in [0.1, 0.15) is 5.82 Å². The molecule has 0 aliphatic heterocycles. The lowest BCUT2D eigenvalue weighted by atomic mass is 10.0. The zero-order chi connectivity index (χ0) is 14.3. The molecule has 104 valence electrons. The third-order valence-corrected chi connectivity index (χ3v) is 4.15. The molecule has 0 radical (unpaired) electrons. The van der Waals surface area contributed by atoms with Gasteiger partial charge in [-0.1, -0.05) is 17.7 Å². The minimum atomic E-state index is -0.182. The Labute approximate surface area is 119 Å². The van der Waals surface area contributed by atoms with Crippen molar-refractivity contribution in [3.05, 3.63) is 46.9 Å². The van der Waals surface area contributed by atoms with Crippen molar-refractivity contribution >= 4 is 0 Å². The number of aromatic nitrogens is 2. The molecule has 0 saturated heterocycles. The molecule has 0 spiro atoms. The number of aliphatic hydroxyl groups is 1. The van der Waals surface area contributed by atoms with Crippen LogP contribution in [-0.4, -0.2) is 21.7 Å². The molecule has 0 atom stereocenters. The van der Waals surface area contributed by atoms with Crippen LogP contribution < -0.4 is 0 Å². The van der Waals surface area contributed by atoms with E-state index in [1.807, 2.05) is 13.0 Å². The Bertz CT molecular complexity index is 660. The lowest BCUT2D eigenvalue weighted by Gasteiger charge is -2.14. The highest BCUT2D eigenvalue weighted by Gasteiger charge is 2.46. The number of benzene rings is 1. The second-order valence-corrected chi connectivity index (χ2v) is 5.97. The normalized spacial score (nSPS) is 16.2. The number of aryl methyl sites for hydroxylation is 3. The molecule has 0 unspecified atom stereocenters. The fourth-order valence-electron chi connectivity index (χ4n) is 2.56. The van der Waals surface area contributed by atoms with E-state index < -0.39 is 0 Å². The van der Waals surface area contributed by atoms with Crippen molar-refractivity contribution in [3.63, 3.8) is 0 Å². The Morgan fingerprint density at radius 1 is 1.10 bits per heavy atom. The largest absolute Gasteiger partial charge is 0.395 e. The summed E-state index contributed by atoms with van der Waals surface area (Å²) in [6, 6.07) is 8.43. The van der Waals surface area contributed by atoms with Crippen LogP contribution in [0.25, 0.3) is 11.3 Å². The first kappa shape index (κ1) is 13.3. The smallest absolute Gasteiger partial charge is 0.137 e. The predicted octanol–water partition coefficient (Wildman–Crippen LogP) is 3.09. The average molecular weight is 268 g/mol. The van der Waals surface area contributed by atoms with Gasteiger partial charge in [-0.05, 0) is 51.3 Å². The van der Waals surface area contributed by atoms with E-state index in [4.69, 9.17) is 4.98 Å². The molecule has 20 heavy (non-hydrogen) atoms. The molecule has 1 aliphatic rings. The van der Waals surface area contributed by atoms with Crippen LogP contribution in [-0.2, 0) is 5.41 Å². The van der Waals surface area contributed by atoms with Crippen LogP contribution in [0.4, 0.5) is 0 Å². The van der Waals surface area contributed by atoms with Gasteiger partial charge in [-0.15, -0.1) is 0 Å². The molecular weight excluding hydrogens is 248 g/mol. The summed E-state index contributed by atoms with van der Waals surface area (Å²) in [5, 5.41) is 9.58. The van der Waals surface area contributed by atoms with E-state index in [2.05, 4.69) is 37.0 Å². The van der Waals surface area contributed by atoms with Gasteiger partial charge in [0.2, 0.25) is 0 Å². The minimum Gasteiger partial charge on any atom is -0.395 e. The minimum absolute atomic E-state index is 0.142. The Kier molecular flexibility index (Phi) is 3.09. The number of nitrogens with zero attached hydrogens (tertiary/aromatic N) is 2. The van der Waals surface area contributed by atoms with Gasteiger partial charge < -0.3 is 5.11 Å². The maximum atomic E-state index is 9.58. The van der Waals surface area contributed by atoms with Crippen LogP contribution in [0.3, 0.4) is 0 Å². The van der Waals surface area contributed by atoms with Gasteiger partial charge in [-0.25, -0.2) is 9.97 Å². The van der Waals surface area contributed by atoms with Gasteiger partial charge in [0.05, 0.1) is 17.7 Å². The fraction of sp³-hybridized carbons (Fsp3) is 0.412. The molecule has 1 aromatic carbocycles. The van der Waals surface area contributed by atoms with Crippen molar-refractivity contribution in [2.75, 3.05) is 6.61 Å². The number of aliphatic hydroxyl groups excluding tert-OH is 1. The number of rotatable bonds is 3. The van der Waals surface area contributed by atoms with Crippen LogP contribution in [0.1, 0.15) is 35.5 Å². The van der Waals surface area contributed by atoms with Crippen molar-refractivity contribution in [2.24, 2.45) is 0 Å². The summed E-state index contributed by atoms with van der Waals surface area (Å²) >= 11 is 0. The Morgan fingerprint density at radius 3 is 2.50 bits per heavy atom. The average Bonchev–Trinajstić information content (AvgIpc) is 3.22. The molecule has 1 fully saturated rings. The van der Waals surface area contributed by atoms with E-state index in [1.165, 1.54) is 11.1 Å². The summed E-state index contributed by atoms with van der Waals surface area (Å²) in [7, 11) is 0. The van der Waals surface area contributed by atoms with Gasteiger partial charge in [0.15, 0.2) is 0 Å². The monoisotopic (exact) mass is 268 g/mol. The maximum Gasteiger partial charge on any atom is 0.137 e. The lowest BCUT2D eigenvalue weighted by Crippen LogP contribution is -2.17. The predicted molar refractivity (Wildman–Crippen MR) is 79.7 cm³/mol. The van der Waals surface area contributed by atoms with E-state index >= 15 is 0 Å². The summed E-state index contributed by atoms with van der Waals surface area (Å²) in [4.78, 5) is 9.29. The highest BCUT2D eigenvalue weighted by atomic mass is 16.3. The number of hydrogen-bond donors (Lipinski definition) is 1. The van der Waals surface area contributed by atoms with Gasteiger partial charge >= 0.3 is 0 Å². The summed E-state index contributed by atoms with van der Waals surface area (Å²) in [6.07, 6.45) is 1.97. The molecule has 3 rings (SSSR count). The standard InChI is InChI=1S/C17H20N2O/c1-11-4-5-12(2)14(8-11)15-9-13(3)18-16(19-15)17(10-20)6-7-17/h4-5,8-9,20H,6-7,10H2,1-3H3. The fourth-order valence-corrected chi connectivity index (χ4v) is 2.56. The molecule has 1 N–H and O–H groups in total. The summed E-state index contributed by atoms with van der Waals surface area (Å²) in [5.74, 6) is 0.802. The molecule has 1 heterocycles. The molecule has 3 nitrogen and oxygen atoms in total. The molecule has 0 amide bonds. The van der Waals surface area contributed by atoms with Gasteiger partial charge in [-0.2, -0.15) is 0 Å². The van der Waals surface area contributed by atoms with E-state index in [-0.39, 0.29) is 12.0 Å². The van der Waals surface area contributed by atoms with E-state index in [9.17, 15) is 5.11 Å². The molecule has 2 aromatic rings. The van der Waals surface area contributed by atoms with E-state index in [0.717, 1.165) is 35.6 Å². The number of hydrogen-bond acceptors (Lipinski definition) is 3. The lowest BCUT2D eigenvalue weighted by molar-refractivity contribution is 0.249. The maximum absolute atomic E-state index is 9.58. The van der Waals surface area contributed by atoms with Crippen molar-refractivity contribution in [3.8, 4) is 11.3 Å². The zero-order valence-electron chi connectivity index (χ0n) is 12.3. The highest BCUT2D eigenvalue weighted by molar-refractivity contribution is 5.64. The molecule has 1 saturated carbocycles. The first-order chi connectivity index (χ1) is 9.54. The summed E-state index contributed by atoms with van der Waals surface area (Å²) < 4.78 is 0. The SMILES string of the molecule is Cc1ccc(C)c(-c2cc(C)nc(C3(CO)CC3)n2)c1. The van der Waals surface area contributed by atoms with Crippen molar-refractivity contribution in [1.29, 1.82) is 0 Å². The van der Waals surface area contributed by atoms with Gasteiger partial charge in [-0.3, -0.25) is 0 Å². The molecule has 1 aromatic heterocycles. The van der Waals surface area contributed by atoms with Crippen molar-refractivity contribution < 1.29 is 5.11 Å². The second-order valence-electron chi connectivity index (χ2n) is 5.97. The van der Waals surface area contributed by atoms with Crippen LogP contribution in [0, 0.1) is 20.8 Å².